The van der Waals surface area contributed by atoms with Crippen LogP contribution in [0.3, 0.4) is 0 Å². The van der Waals surface area contributed by atoms with Crippen molar-refractivity contribution >= 4 is 10.0 Å². The molecule has 0 radical (unpaired) electrons. The van der Waals surface area contributed by atoms with Gasteiger partial charge in [-0.05, 0) is 6.92 Å². The van der Waals surface area contributed by atoms with Gasteiger partial charge in [-0.3, -0.25) is 4.68 Å². The highest BCUT2D eigenvalue weighted by molar-refractivity contribution is 7.89. The number of imidazole rings is 1. The van der Waals surface area contributed by atoms with Crippen LogP contribution in [0, 0.1) is 0 Å². The molecule has 1 aliphatic heterocycles. The summed E-state index contributed by atoms with van der Waals surface area (Å²) in [7, 11) is -0.268. The molecule has 1 aliphatic rings. The third kappa shape index (κ3) is 2.91. The predicted octanol–water partition coefficient (Wildman–Crippen LogP) is 0.571. The second-order valence-electron chi connectivity index (χ2n) is 5.71. The Labute approximate surface area is 135 Å². The molecule has 1 atom stereocenters. The first kappa shape index (κ1) is 16.2. The molecule has 126 valence electrons. The van der Waals surface area contributed by atoms with E-state index in [1.54, 1.807) is 18.7 Å². The van der Waals surface area contributed by atoms with Gasteiger partial charge in [-0.2, -0.15) is 9.40 Å². The average molecular weight is 339 g/mol. The summed E-state index contributed by atoms with van der Waals surface area (Å²) < 4.78 is 35.8. The minimum Gasteiger partial charge on any atom is -0.384 e. The van der Waals surface area contributed by atoms with E-state index in [4.69, 9.17) is 4.74 Å². The number of hydrogen-bond donors (Lipinski definition) is 0. The molecule has 0 saturated carbocycles. The van der Waals surface area contributed by atoms with Gasteiger partial charge in [-0.25, -0.2) is 13.4 Å². The molecular weight excluding hydrogens is 318 g/mol. The second-order valence-corrected chi connectivity index (χ2v) is 7.60. The fraction of sp³-hybridized carbons (Fsp3) is 0.571. The minimum atomic E-state index is -3.64. The Balaban J connectivity index is 1.96. The van der Waals surface area contributed by atoms with Crippen molar-refractivity contribution in [2.45, 2.75) is 31.0 Å². The number of rotatable bonds is 5. The van der Waals surface area contributed by atoms with Gasteiger partial charge < -0.3 is 9.30 Å². The Morgan fingerprint density at radius 2 is 2.17 bits per heavy atom. The third-order valence-corrected chi connectivity index (χ3v) is 5.74. The van der Waals surface area contributed by atoms with Crippen LogP contribution in [0.2, 0.25) is 0 Å². The summed E-state index contributed by atoms with van der Waals surface area (Å²) in [5, 5.41) is 4.56. The van der Waals surface area contributed by atoms with Crippen LogP contribution in [0.15, 0.2) is 23.7 Å². The molecule has 0 aliphatic carbocycles. The smallest absolute Gasteiger partial charge is 0.262 e. The first-order valence-electron chi connectivity index (χ1n) is 7.49. The van der Waals surface area contributed by atoms with Gasteiger partial charge in [0.1, 0.15) is 0 Å². The van der Waals surface area contributed by atoms with E-state index >= 15 is 0 Å². The second kappa shape index (κ2) is 6.06. The SMILES string of the molecule is CCn1cc2c(n1)CN(S(=O)(=O)c1cn(C)cn1)C[C@H]2COC. The quantitative estimate of drug-likeness (QED) is 0.795. The van der Waals surface area contributed by atoms with Gasteiger partial charge in [0.2, 0.25) is 0 Å². The number of aryl methyl sites for hydroxylation is 2. The normalized spacial score (nSPS) is 19.0. The van der Waals surface area contributed by atoms with Crippen molar-refractivity contribution in [1.29, 1.82) is 0 Å². The van der Waals surface area contributed by atoms with E-state index in [1.165, 1.54) is 16.8 Å². The van der Waals surface area contributed by atoms with E-state index < -0.39 is 10.0 Å². The molecule has 23 heavy (non-hydrogen) atoms. The summed E-state index contributed by atoms with van der Waals surface area (Å²) >= 11 is 0. The lowest BCUT2D eigenvalue weighted by molar-refractivity contribution is 0.162. The molecular formula is C14H21N5O3S. The third-order valence-electron chi connectivity index (χ3n) is 4.04. The van der Waals surface area contributed by atoms with Crippen LogP contribution in [0.4, 0.5) is 0 Å². The number of aromatic nitrogens is 4. The lowest BCUT2D eigenvalue weighted by Crippen LogP contribution is -2.39. The van der Waals surface area contributed by atoms with Gasteiger partial charge in [0, 0.05) is 51.1 Å². The summed E-state index contributed by atoms with van der Waals surface area (Å²) in [6, 6.07) is 0. The van der Waals surface area contributed by atoms with E-state index in [2.05, 4.69) is 10.1 Å². The molecule has 2 aromatic rings. The molecule has 0 unspecified atom stereocenters. The number of sulfonamides is 1. The van der Waals surface area contributed by atoms with Gasteiger partial charge in [-0.15, -0.1) is 0 Å². The number of nitrogens with zero attached hydrogens (tertiary/aromatic N) is 5. The van der Waals surface area contributed by atoms with E-state index in [0.29, 0.717) is 13.2 Å². The van der Waals surface area contributed by atoms with E-state index in [0.717, 1.165) is 17.8 Å². The summed E-state index contributed by atoms with van der Waals surface area (Å²) in [5.74, 6) is -0.0254. The molecule has 8 nitrogen and oxygen atoms in total. The molecule has 9 heteroatoms. The molecule has 0 spiro atoms. The molecule has 0 saturated heterocycles. The summed E-state index contributed by atoms with van der Waals surface area (Å²) in [4.78, 5) is 3.99. The van der Waals surface area contributed by atoms with Crippen LogP contribution in [-0.4, -0.2) is 52.3 Å². The van der Waals surface area contributed by atoms with Crippen molar-refractivity contribution in [2.75, 3.05) is 20.3 Å². The number of methoxy groups -OCH3 is 1. The van der Waals surface area contributed by atoms with Gasteiger partial charge in [0.25, 0.3) is 10.0 Å². The Kier molecular flexibility index (Phi) is 4.26. The standard InChI is InChI=1S/C14H21N5O3S/c1-4-18-6-12-11(9-22-3)5-19(7-13(12)16-18)23(20,21)14-8-17(2)10-15-14/h6,8,10-11H,4-5,7,9H2,1-3H3/t11-/m0/s1. The van der Waals surface area contributed by atoms with E-state index in [1.807, 2.05) is 17.8 Å². The highest BCUT2D eigenvalue weighted by atomic mass is 32.2. The van der Waals surface area contributed by atoms with Crippen molar-refractivity contribution in [3.8, 4) is 0 Å². The fourth-order valence-corrected chi connectivity index (χ4v) is 4.27. The zero-order chi connectivity index (χ0) is 16.6. The Morgan fingerprint density at radius 3 is 2.78 bits per heavy atom. The zero-order valence-corrected chi connectivity index (χ0v) is 14.3. The molecule has 0 N–H and O–H groups in total. The van der Waals surface area contributed by atoms with Crippen LogP contribution < -0.4 is 0 Å². The monoisotopic (exact) mass is 339 g/mol. The van der Waals surface area contributed by atoms with Crippen LogP contribution >= 0.6 is 0 Å². The van der Waals surface area contributed by atoms with Crippen molar-refractivity contribution in [3.05, 3.63) is 30.0 Å². The van der Waals surface area contributed by atoms with Crippen molar-refractivity contribution in [2.24, 2.45) is 7.05 Å². The van der Waals surface area contributed by atoms with Crippen molar-refractivity contribution in [1.82, 2.24) is 23.6 Å². The highest BCUT2D eigenvalue weighted by Gasteiger charge is 2.36. The number of hydrogen-bond acceptors (Lipinski definition) is 5. The molecule has 0 bridgehead atoms. The van der Waals surface area contributed by atoms with Crippen molar-refractivity contribution in [3.63, 3.8) is 0 Å². The average Bonchev–Trinajstić information content (AvgIpc) is 3.13. The molecule has 3 rings (SSSR count). The first-order chi connectivity index (χ1) is 11.0. The Morgan fingerprint density at radius 1 is 1.39 bits per heavy atom. The Bertz CT molecular complexity index is 795. The number of ether oxygens (including phenoxy) is 1. The van der Waals surface area contributed by atoms with E-state index in [9.17, 15) is 8.42 Å². The molecule has 0 fully saturated rings. The Hall–Kier alpha value is -1.71. The maximum absolute atomic E-state index is 12.8. The van der Waals surface area contributed by atoms with Crippen LogP contribution in [0.5, 0.6) is 0 Å². The van der Waals surface area contributed by atoms with Gasteiger partial charge in [-0.1, -0.05) is 0 Å². The van der Waals surface area contributed by atoms with E-state index in [-0.39, 0.29) is 17.5 Å². The summed E-state index contributed by atoms with van der Waals surface area (Å²) in [5.41, 5.74) is 1.86. The topological polar surface area (TPSA) is 82.3 Å². The maximum atomic E-state index is 12.8. The zero-order valence-electron chi connectivity index (χ0n) is 13.5. The lowest BCUT2D eigenvalue weighted by atomic mass is 9.97. The van der Waals surface area contributed by atoms with Crippen LogP contribution in [0.1, 0.15) is 24.1 Å². The number of fused-ring (bicyclic) bond motifs is 1. The van der Waals surface area contributed by atoms with Crippen LogP contribution in [-0.2, 0) is 34.9 Å². The molecule has 2 aromatic heterocycles. The molecule has 3 heterocycles. The summed E-state index contributed by atoms with van der Waals surface area (Å²) in [6.45, 7) is 3.85. The first-order valence-corrected chi connectivity index (χ1v) is 8.93. The lowest BCUT2D eigenvalue weighted by Gasteiger charge is -2.30. The highest BCUT2D eigenvalue weighted by Crippen LogP contribution is 2.31. The van der Waals surface area contributed by atoms with Crippen LogP contribution in [0.25, 0.3) is 0 Å². The van der Waals surface area contributed by atoms with Crippen molar-refractivity contribution < 1.29 is 13.2 Å². The van der Waals surface area contributed by atoms with Gasteiger partial charge >= 0.3 is 0 Å². The van der Waals surface area contributed by atoms with Gasteiger partial charge in [0.15, 0.2) is 5.03 Å². The minimum absolute atomic E-state index is 0.0254. The maximum Gasteiger partial charge on any atom is 0.262 e. The summed E-state index contributed by atoms with van der Waals surface area (Å²) in [6.07, 6.45) is 4.99. The largest absolute Gasteiger partial charge is 0.384 e. The van der Waals surface area contributed by atoms with Gasteiger partial charge in [0.05, 0.1) is 25.2 Å². The molecule has 0 aromatic carbocycles. The fourth-order valence-electron chi connectivity index (χ4n) is 2.86. The predicted molar refractivity (Wildman–Crippen MR) is 83.3 cm³/mol. The molecule has 0 amide bonds.